The predicted molar refractivity (Wildman–Crippen MR) is 104 cm³/mol. The zero-order chi connectivity index (χ0) is 19.5. The van der Waals surface area contributed by atoms with E-state index in [1.165, 1.54) is 13.3 Å². The molecular weight excluding hydrogens is 358 g/mol. The lowest BCUT2D eigenvalue weighted by molar-refractivity contribution is 0.0594. The Hall–Kier alpha value is -3.94. The quantitative estimate of drug-likeness (QED) is 0.509. The Balaban J connectivity index is 1.68. The first-order valence-electron chi connectivity index (χ1n) is 8.53. The van der Waals surface area contributed by atoms with Gasteiger partial charge in [0.2, 0.25) is 0 Å². The maximum Gasteiger partial charge on any atom is 0.356 e. The molecule has 28 heavy (non-hydrogen) atoms. The molecule has 8 nitrogen and oxygen atoms in total. The highest BCUT2D eigenvalue weighted by Gasteiger charge is 2.15. The van der Waals surface area contributed by atoms with Crippen molar-refractivity contribution >= 4 is 28.5 Å². The number of ether oxygens (including phenoxy) is 2. The van der Waals surface area contributed by atoms with E-state index in [1.54, 1.807) is 24.4 Å². The van der Waals surface area contributed by atoms with Gasteiger partial charge in [0, 0.05) is 24.1 Å². The number of methoxy groups -OCH3 is 1. The highest BCUT2D eigenvalue weighted by molar-refractivity contribution is 5.95. The third-order valence-corrected chi connectivity index (χ3v) is 4.09. The van der Waals surface area contributed by atoms with Gasteiger partial charge in [-0.05, 0) is 31.2 Å². The number of aryl methyl sites for hydroxylation is 1. The first kappa shape index (κ1) is 17.5. The summed E-state index contributed by atoms with van der Waals surface area (Å²) in [5.74, 6) is 1.32. The van der Waals surface area contributed by atoms with Gasteiger partial charge in [-0.25, -0.2) is 14.8 Å². The number of hydrogen-bond donors (Lipinski definition) is 2. The van der Waals surface area contributed by atoms with Crippen molar-refractivity contribution in [2.45, 2.75) is 6.92 Å². The van der Waals surface area contributed by atoms with E-state index in [0.717, 1.165) is 5.56 Å². The molecule has 140 valence electrons. The van der Waals surface area contributed by atoms with Crippen molar-refractivity contribution < 1.29 is 14.3 Å². The van der Waals surface area contributed by atoms with Crippen molar-refractivity contribution in [2.75, 3.05) is 12.4 Å². The number of fused-ring (bicyclic) bond motifs is 1. The van der Waals surface area contributed by atoms with Crippen LogP contribution in [0.3, 0.4) is 0 Å². The lowest BCUT2D eigenvalue weighted by Crippen LogP contribution is -2.04. The molecule has 0 aliphatic carbocycles. The molecule has 0 spiro atoms. The number of carbonyl (C=O) groups excluding carboxylic acids is 1. The third kappa shape index (κ3) is 3.48. The summed E-state index contributed by atoms with van der Waals surface area (Å²) in [6, 6.07) is 12.9. The zero-order valence-electron chi connectivity index (χ0n) is 15.3. The van der Waals surface area contributed by atoms with Gasteiger partial charge in [0.25, 0.3) is 0 Å². The van der Waals surface area contributed by atoms with Crippen LogP contribution in [0.5, 0.6) is 11.5 Å². The number of aromatic amines is 1. The number of esters is 1. The second-order valence-electron chi connectivity index (χ2n) is 6.07. The van der Waals surface area contributed by atoms with Crippen molar-refractivity contribution in [3.63, 3.8) is 0 Å². The van der Waals surface area contributed by atoms with Crippen LogP contribution >= 0.6 is 0 Å². The number of pyridine rings is 2. The first-order chi connectivity index (χ1) is 13.6. The molecule has 0 unspecified atom stereocenters. The second-order valence-corrected chi connectivity index (χ2v) is 6.07. The van der Waals surface area contributed by atoms with Crippen LogP contribution in [0.1, 0.15) is 16.1 Å². The van der Waals surface area contributed by atoms with E-state index < -0.39 is 5.97 Å². The Morgan fingerprint density at radius 2 is 1.86 bits per heavy atom. The van der Waals surface area contributed by atoms with E-state index in [-0.39, 0.29) is 5.69 Å². The molecule has 0 radical (unpaired) electrons. The summed E-state index contributed by atoms with van der Waals surface area (Å²) in [4.78, 5) is 20.0. The number of rotatable bonds is 5. The third-order valence-electron chi connectivity index (χ3n) is 4.09. The standard InChI is InChI=1S/C20H17N5O3/c1-12-3-5-14(6-4-12)28-16-8-10-22-18-17(16)19(25-24-18)23-13-7-9-21-15(11-13)20(26)27-2/h3-11H,1-2H3,(H2,21,22,23,24,25). The largest absolute Gasteiger partial charge is 0.464 e. The molecule has 1 aromatic carbocycles. The van der Waals surface area contributed by atoms with Gasteiger partial charge < -0.3 is 14.8 Å². The van der Waals surface area contributed by atoms with E-state index in [2.05, 4.69) is 25.5 Å². The lowest BCUT2D eigenvalue weighted by Gasteiger charge is -2.09. The highest BCUT2D eigenvalue weighted by atomic mass is 16.5. The van der Waals surface area contributed by atoms with Crippen LogP contribution in [0.25, 0.3) is 11.0 Å². The number of carbonyl (C=O) groups is 1. The van der Waals surface area contributed by atoms with Crippen molar-refractivity contribution in [1.29, 1.82) is 0 Å². The monoisotopic (exact) mass is 375 g/mol. The fraction of sp³-hybridized carbons (Fsp3) is 0.100. The van der Waals surface area contributed by atoms with Gasteiger partial charge in [-0.2, -0.15) is 5.10 Å². The minimum atomic E-state index is -0.513. The first-order valence-corrected chi connectivity index (χ1v) is 8.53. The molecule has 2 N–H and O–H groups in total. The van der Waals surface area contributed by atoms with E-state index in [4.69, 9.17) is 9.47 Å². The Labute approximate surface area is 160 Å². The van der Waals surface area contributed by atoms with Crippen LogP contribution in [-0.4, -0.2) is 33.2 Å². The van der Waals surface area contributed by atoms with Crippen LogP contribution in [-0.2, 0) is 4.74 Å². The molecule has 0 aliphatic heterocycles. The van der Waals surface area contributed by atoms with Crippen molar-refractivity contribution in [3.8, 4) is 11.5 Å². The van der Waals surface area contributed by atoms with E-state index >= 15 is 0 Å². The molecule has 3 aromatic heterocycles. The molecule has 0 saturated carbocycles. The molecule has 4 rings (SSSR count). The average Bonchev–Trinajstić information content (AvgIpc) is 3.13. The van der Waals surface area contributed by atoms with Crippen LogP contribution < -0.4 is 10.1 Å². The van der Waals surface area contributed by atoms with Crippen LogP contribution in [0.2, 0.25) is 0 Å². The number of hydrogen-bond acceptors (Lipinski definition) is 7. The summed E-state index contributed by atoms with van der Waals surface area (Å²) >= 11 is 0. The number of nitrogens with one attached hydrogen (secondary N) is 2. The molecule has 0 atom stereocenters. The minimum absolute atomic E-state index is 0.196. The van der Waals surface area contributed by atoms with Crippen molar-refractivity contribution in [1.82, 2.24) is 20.2 Å². The van der Waals surface area contributed by atoms with E-state index in [1.807, 2.05) is 31.2 Å². The van der Waals surface area contributed by atoms with Crippen molar-refractivity contribution in [2.24, 2.45) is 0 Å². The van der Waals surface area contributed by atoms with Gasteiger partial charge in [0.05, 0.1) is 7.11 Å². The number of anilines is 2. The van der Waals surface area contributed by atoms with Gasteiger partial charge in [-0.1, -0.05) is 17.7 Å². The van der Waals surface area contributed by atoms with Gasteiger partial charge in [-0.15, -0.1) is 0 Å². The summed E-state index contributed by atoms with van der Waals surface area (Å²) in [6.07, 6.45) is 3.17. The second kappa shape index (κ2) is 7.36. The van der Waals surface area contributed by atoms with Gasteiger partial charge in [-0.3, -0.25) is 5.10 Å². The molecule has 3 heterocycles. The van der Waals surface area contributed by atoms with Crippen LogP contribution in [0, 0.1) is 6.92 Å². The molecular formula is C20H17N5O3. The average molecular weight is 375 g/mol. The SMILES string of the molecule is COC(=O)c1cc(Nc2n[nH]c3nccc(Oc4ccc(C)cc4)c23)ccn1. The predicted octanol–water partition coefficient (Wildman–Crippen LogP) is 3.98. The van der Waals surface area contributed by atoms with Gasteiger partial charge in [0.1, 0.15) is 22.6 Å². The summed E-state index contributed by atoms with van der Waals surface area (Å²) in [6.45, 7) is 2.02. The smallest absolute Gasteiger partial charge is 0.356 e. The molecule has 0 fully saturated rings. The zero-order valence-corrected chi connectivity index (χ0v) is 15.3. The Morgan fingerprint density at radius 1 is 1.07 bits per heavy atom. The minimum Gasteiger partial charge on any atom is -0.464 e. The highest BCUT2D eigenvalue weighted by Crippen LogP contribution is 2.34. The molecule has 4 aromatic rings. The summed E-state index contributed by atoms with van der Waals surface area (Å²) in [5, 5.41) is 11.0. The fourth-order valence-electron chi connectivity index (χ4n) is 2.69. The van der Waals surface area contributed by atoms with Gasteiger partial charge >= 0.3 is 5.97 Å². The molecule has 0 amide bonds. The van der Waals surface area contributed by atoms with Crippen LogP contribution in [0.4, 0.5) is 11.5 Å². The number of nitrogens with zero attached hydrogens (tertiary/aromatic N) is 3. The molecule has 8 heteroatoms. The van der Waals surface area contributed by atoms with E-state index in [0.29, 0.717) is 34.0 Å². The summed E-state index contributed by atoms with van der Waals surface area (Å²) < 4.78 is 10.7. The maximum atomic E-state index is 11.7. The molecule has 0 bridgehead atoms. The number of H-pyrrole nitrogens is 1. The summed E-state index contributed by atoms with van der Waals surface area (Å²) in [7, 11) is 1.31. The van der Waals surface area contributed by atoms with Crippen molar-refractivity contribution in [3.05, 3.63) is 66.1 Å². The summed E-state index contributed by atoms with van der Waals surface area (Å²) in [5.41, 5.74) is 2.56. The molecule has 0 aliphatic rings. The fourth-order valence-corrected chi connectivity index (χ4v) is 2.69. The number of benzene rings is 1. The Bertz CT molecular complexity index is 1140. The van der Waals surface area contributed by atoms with Gasteiger partial charge in [0.15, 0.2) is 11.5 Å². The Kier molecular flexibility index (Phi) is 4.59. The maximum absolute atomic E-state index is 11.7. The molecule has 0 saturated heterocycles. The normalized spacial score (nSPS) is 10.6. The van der Waals surface area contributed by atoms with Crippen LogP contribution in [0.15, 0.2) is 54.9 Å². The topological polar surface area (TPSA) is 102 Å². The number of aromatic nitrogens is 4. The lowest BCUT2D eigenvalue weighted by atomic mass is 10.2. The Morgan fingerprint density at radius 3 is 2.64 bits per heavy atom. The van der Waals surface area contributed by atoms with E-state index in [9.17, 15) is 4.79 Å².